The molecule has 4 heteroatoms. The summed E-state index contributed by atoms with van der Waals surface area (Å²) >= 11 is 0. The van der Waals surface area contributed by atoms with E-state index in [9.17, 15) is 9.59 Å². The van der Waals surface area contributed by atoms with E-state index in [4.69, 9.17) is 4.74 Å². The van der Waals surface area contributed by atoms with E-state index in [-0.39, 0.29) is 5.78 Å². The summed E-state index contributed by atoms with van der Waals surface area (Å²) in [6.45, 7) is 5.94. The van der Waals surface area contributed by atoms with Crippen molar-refractivity contribution in [2.75, 3.05) is 6.54 Å². The number of carbonyl (C=O) groups is 2. The highest BCUT2D eigenvalue weighted by Crippen LogP contribution is 2.08. The van der Waals surface area contributed by atoms with Crippen molar-refractivity contribution in [2.24, 2.45) is 0 Å². The minimum Gasteiger partial charge on any atom is -0.444 e. The maximum absolute atomic E-state index is 11.8. The van der Waals surface area contributed by atoms with Gasteiger partial charge in [0.15, 0.2) is 0 Å². The van der Waals surface area contributed by atoms with Gasteiger partial charge in [0.25, 0.3) is 0 Å². The zero-order valence-corrected chi connectivity index (χ0v) is 13.9. The van der Waals surface area contributed by atoms with Crippen LogP contribution in [0.2, 0.25) is 0 Å². The van der Waals surface area contributed by atoms with Gasteiger partial charge in [0.1, 0.15) is 11.4 Å². The van der Waals surface area contributed by atoms with E-state index in [0.717, 1.165) is 12.8 Å². The highest BCUT2D eigenvalue weighted by Gasteiger charge is 2.15. The summed E-state index contributed by atoms with van der Waals surface area (Å²) in [7, 11) is 0. The number of ketones is 1. The van der Waals surface area contributed by atoms with E-state index >= 15 is 0 Å². The van der Waals surface area contributed by atoms with Gasteiger partial charge in [0.05, 0.1) is 0 Å². The third-order valence-corrected chi connectivity index (χ3v) is 3.06. The van der Waals surface area contributed by atoms with Gasteiger partial charge >= 0.3 is 6.09 Å². The molecule has 0 atom stereocenters. The Morgan fingerprint density at radius 2 is 1.68 bits per heavy atom. The molecule has 0 aliphatic carbocycles. The first-order chi connectivity index (χ1) is 10.4. The smallest absolute Gasteiger partial charge is 0.407 e. The van der Waals surface area contributed by atoms with Crippen LogP contribution in [0.3, 0.4) is 0 Å². The number of Topliss-reactive ketones (excluding diaryl/α,β-unsaturated/α-hetero) is 1. The van der Waals surface area contributed by atoms with Gasteiger partial charge in [-0.3, -0.25) is 4.79 Å². The van der Waals surface area contributed by atoms with E-state index in [1.54, 1.807) is 0 Å². The number of ether oxygens (including phenoxy) is 1. The molecule has 122 valence electrons. The number of nitrogens with one attached hydrogen (secondary N) is 1. The van der Waals surface area contributed by atoms with Crippen LogP contribution in [0.4, 0.5) is 4.79 Å². The molecule has 0 saturated carbocycles. The highest BCUT2D eigenvalue weighted by molar-refractivity contribution is 5.78. The Labute approximate surface area is 133 Å². The molecule has 0 aromatic heterocycles. The van der Waals surface area contributed by atoms with Crippen molar-refractivity contribution in [3.8, 4) is 0 Å². The lowest BCUT2D eigenvalue weighted by Crippen LogP contribution is -2.33. The molecule has 0 aliphatic rings. The van der Waals surface area contributed by atoms with Crippen molar-refractivity contribution in [2.45, 2.75) is 58.5 Å². The first-order valence-corrected chi connectivity index (χ1v) is 7.89. The van der Waals surface area contributed by atoms with Gasteiger partial charge in [-0.1, -0.05) is 30.3 Å². The second-order valence-corrected chi connectivity index (χ2v) is 6.41. The normalized spacial score (nSPS) is 11.0. The van der Waals surface area contributed by atoms with E-state index in [1.165, 1.54) is 5.56 Å². The van der Waals surface area contributed by atoms with Crippen LogP contribution < -0.4 is 5.32 Å². The second kappa shape index (κ2) is 9.23. The molecule has 0 unspecified atom stereocenters. The zero-order valence-electron chi connectivity index (χ0n) is 13.9. The number of rotatable bonds is 8. The largest absolute Gasteiger partial charge is 0.444 e. The average molecular weight is 305 g/mol. The number of alkyl carbamates (subject to hydrolysis) is 1. The second-order valence-electron chi connectivity index (χ2n) is 6.41. The van der Waals surface area contributed by atoms with Crippen molar-refractivity contribution in [3.63, 3.8) is 0 Å². The van der Waals surface area contributed by atoms with Crippen LogP contribution >= 0.6 is 0 Å². The topological polar surface area (TPSA) is 55.4 Å². The molecule has 0 saturated heterocycles. The van der Waals surface area contributed by atoms with Crippen LogP contribution in [0.5, 0.6) is 0 Å². The maximum Gasteiger partial charge on any atom is 0.407 e. The molecule has 0 aliphatic heterocycles. The van der Waals surface area contributed by atoms with Gasteiger partial charge in [-0.15, -0.1) is 0 Å². The fourth-order valence-electron chi connectivity index (χ4n) is 2.05. The van der Waals surface area contributed by atoms with Crippen molar-refractivity contribution in [1.29, 1.82) is 0 Å². The quantitative estimate of drug-likeness (QED) is 0.741. The molecule has 0 heterocycles. The van der Waals surface area contributed by atoms with Crippen LogP contribution in [0.25, 0.3) is 0 Å². The summed E-state index contributed by atoms with van der Waals surface area (Å²) in [6.07, 6.45) is 3.14. The molecule has 1 N–H and O–H groups in total. The summed E-state index contributed by atoms with van der Waals surface area (Å²) in [5.41, 5.74) is 0.777. The Morgan fingerprint density at radius 3 is 2.32 bits per heavy atom. The van der Waals surface area contributed by atoms with E-state index in [2.05, 4.69) is 17.4 Å². The minimum absolute atomic E-state index is 0.252. The minimum atomic E-state index is -0.489. The van der Waals surface area contributed by atoms with Gasteiger partial charge in [-0.05, 0) is 45.6 Å². The van der Waals surface area contributed by atoms with Crippen LogP contribution in [0.1, 0.15) is 52.0 Å². The molecule has 0 bridgehead atoms. The molecule has 1 aromatic carbocycles. The van der Waals surface area contributed by atoms with Gasteiger partial charge in [-0.2, -0.15) is 0 Å². The van der Waals surface area contributed by atoms with Gasteiger partial charge in [-0.25, -0.2) is 4.79 Å². The van der Waals surface area contributed by atoms with Crippen molar-refractivity contribution in [1.82, 2.24) is 5.32 Å². The highest BCUT2D eigenvalue weighted by atomic mass is 16.6. The maximum atomic E-state index is 11.8. The average Bonchev–Trinajstić information content (AvgIpc) is 2.43. The fourth-order valence-corrected chi connectivity index (χ4v) is 2.05. The lowest BCUT2D eigenvalue weighted by Gasteiger charge is -2.19. The summed E-state index contributed by atoms with van der Waals surface area (Å²) < 4.78 is 5.12. The number of aryl methyl sites for hydroxylation is 1. The number of hydrogen-bond donors (Lipinski definition) is 1. The first-order valence-electron chi connectivity index (χ1n) is 7.89. The van der Waals surface area contributed by atoms with Crippen LogP contribution in [-0.2, 0) is 16.0 Å². The Bertz CT molecular complexity index is 463. The van der Waals surface area contributed by atoms with E-state index in [1.807, 2.05) is 39.0 Å². The molecule has 1 amide bonds. The van der Waals surface area contributed by atoms with E-state index < -0.39 is 11.7 Å². The Kier molecular flexibility index (Phi) is 7.64. The van der Waals surface area contributed by atoms with Crippen LogP contribution in [-0.4, -0.2) is 24.0 Å². The van der Waals surface area contributed by atoms with E-state index in [0.29, 0.717) is 25.8 Å². The molecule has 0 spiro atoms. The molecule has 22 heavy (non-hydrogen) atoms. The summed E-state index contributed by atoms with van der Waals surface area (Å²) in [5.74, 6) is 0.252. The molecule has 0 radical (unpaired) electrons. The van der Waals surface area contributed by atoms with Gasteiger partial charge < -0.3 is 10.1 Å². The van der Waals surface area contributed by atoms with Gasteiger partial charge in [0.2, 0.25) is 0 Å². The summed E-state index contributed by atoms with van der Waals surface area (Å²) in [6, 6.07) is 10.2. The SMILES string of the molecule is CC(C)(C)OC(=O)NCCCC(=O)CCCc1ccccc1. The molecule has 1 rings (SSSR count). The molecule has 0 fully saturated rings. The van der Waals surface area contributed by atoms with Crippen molar-refractivity contribution < 1.29 is 14.3 Å². The monoisotopic (exact) mass is 305 g/mol. The molecular formula is C18H27NO3. The number of carbonyl (C=O) groups excluding carboxylic acids is 2. The number of amides is 1. The third-order valence-electron chi connectivity index (χ3n) is 3.06. The molecule has 4 nitrogen and oxygen atoms in total. The molecular weight excluding hydrogens is 278 g/mol. The Morgan fingerprint density at radius 1 is 1.05 bits per heavy atom. The lowest BCUT2D eigenvalue weighted by molar-refractivity contribution is -0.119. The van der Waals surface area contributed by atoms with Crippen LogP contribution in [0.15, 0.2) is 30.3 Å². The predicted molar refractivity (Wildman–Crippen MR) is 87.9 cm³/mol. The third kappa shape index (κ3) is 9.16. The lowest BCUT2D eigenvalue weighted by atomic mass is 10.0. The first kappa shape index (κ1) is 18.2. The standard InChI is InChI=1S/C18H27NO3/c1-18(2,3)22-17(21)19-14-8-13-16(20)12-7-11-15-9-5-4-6-10-15/h4-6,9-10H,7-8,11-14H2,1-3H3,(H,19,21). The van der Waals surface area contributed by atoms with Crippen molar-refractivity contribution in [3.05, 3.63) is 35.9 Å². The Balaban J connectivity index is 2.05. The van der Waals surface area contributed by atoms with Gasteiger partial charge in [0, 0.05) is 19.4 Å². The predicted octanol–water partition coefficient (Wildman–Crippen LogP) is 3.88. The summed E-state index contributed by atoms with van der Waals surface area (Å²) in [5, 5.41) is 2.66. The number of hydrogen-bond acceptors (Lipinski definition) is 3. The number of benzene rings is 1. The Hall–Kier alpha value is -1.84. The molecule has 1 aromatic rings. The van der Waals surface area contributed by atoms with Crippen molar-refractivity contribution >= 4 is 11.9 Å². The summed E-state index contributed by atoms with van der Waals surface area (Å²) in [4.78, 5) is 23.2. The fraction of sp³-hybridized carbons (Fsp3) is 0.556. The zero-order chi connectivity index (χ0) is 16.4. The van der Waals surface area contributed by atoms with Crippen LogP contribution in [0, 0.1) is 0 Å².